The molecule has 10 atom stereocenters. The summed E-state index contributed by atoms with van der Waals surface area (Å²) in [5.74, 6) is 31.7. The number of nitrogens with zero attached hydrogens (tertiary/aromatic N) is 1. The average Bonchev–Trinajstić information content (AvgIpc) is 1.54. The van der Waals surface area contributed by atoms with Crippen molar-refractivity contribution in [2.24, 2.45) is 193 Å². The van der Waals surface area contributed by atoms with E-state index in [1.165, 1.54) is 154 Å². The highest BCUT2D eigenvalue weighted by molar-refractivity contribution is 5.79. The van der Waals surface area contributed by atoms with E-state index in [1.54, 1.807) is 218 Å². The van der Waals surface area contributed by atoms with Crippen LogP contribution in [-0.4, -0.2) is 36.5 Å². The van der Waals surface area contributed by atoms with Crippen LogP contribution in [0.2, 0.25) is 0 Å². The molecule has 0 spiro atoms. The Morgan fingerprint density at radius 1 is 0.299 bits per heavy atom. The van der Waals surface area contributed by atoms with E-state index in [0.29, 0.717) is 17.9 Å². The molecule has 4 aliphatic heterocycles. The molecule has 0 aromatic rings. The van der Waals surface area contributed by atoms with Crippen LogP contribution in [0.5, 0.6) is 0 Å². The minimum absolute atomic E-state index is 0.352. The number of carbonyl (C=O) groups is 1. The molecular formula is C104H178N2O. The number of nitrogens with one attached hydrogen (secondary N) is 1. The van der Waals surface area contributed by atoms with Gasteiger partial charge in [0.05, 0.1) is 0 Å². The Kier molecular flexibility index (Phi) is 26.2. The van der Waals surface area contributed by atoms with Crippen LogP contribution >= 0.6 is 0 Å². The molecule has 34 aliphatic rings. The third-order valence-corrected chi connectivity index (χ3v) is 39.8. The zero-order valence-corrected chi connectivity index (χ0v) is 72.8. The highest BCUT2D eigenvalue weighted by Gasteiger charge is 2.56. The molecule has 4 saturated heterocycles. The number of amides is 1. The molecular weight excluding hydrogens is 1290 g/mol. The summed E-state index contributed by atoms with van der Waals surface area (Å²) in [5, 5.41) is 3.16. The van der Waals surface area contributed by atoms with Gasteiger partial charge >= 0.3 is 0 Å². The summed E-state index contributed by atoms with van der Waals surface area (Å²) in [4.78, 5) is 14.2. The second-order valence-electron chi connectivity index (χ2n) is 49.6. The Labute approximate surface area is 664 Å². The van der Waals surface area contributed by atoms with Crippen molar-refractivity contribution in [2.75, 3.05) is 13.6 Å². The topological polar surface area (TPSA) is 32.3 Å². The number of rotatable bonds is 0. The van der Waals surface area contributed by atoms with Gasteiger partial charge in [-0.05, 0) is 477 Å². The molecule has 0 aromatic carbocycles. The SMILES string of the molecule is CC12CC3CC(CC(C3)C1)C2.CC12CC3CC(CC(C3)C1)C2.CC12CC3CC(CC1C3)C2.CC12CCC(CC1)CC2.CC1C2CC3CC(C2)CC1C3.CC1CC2CCC1C2.CC1CC2CCC1CC2.CC1CCCCC1.CC1CCCCC1.CN1CC2CC3CC(C2)CC1C3.O=C1NC2CC3CC(C2)CC1C3. The predicted octanol–water partition coefficient (Wildman–Crippen LogP) is 29.2. The van der Waals surface area contributed by atoms with E-state index in [-0.39, 0.29) is 0 Å². The molecule has 30 aliphatic carbocycles. The maximum absolute atomic E-state index is 11.6. The Bertz CT molecular complexity index is 2550. The summed E-state index contributed by atoms with van der Waals surface area (Å²) in [6.45, 7) is 23.6. The van der Waals surface area contributed by atoms with Crippen molar-refractivity contribution < 1.29 is 4.79 Å². The zero-order valence-electron chi connectivity index (χ0n) is 72.8. The molecule has 610 valence electrons. The fourth-order valence-electron chi connectivity index (χ4n) is 35.4. The smallest absolute Gasteiger partial charge is 0.223 e. The summed E-state index contributed by atoms with van der Waals surface area (Å²) in [7, 11) is 2.34. The van der Waals surface area contributed by atoms with E-state index in [2.05, 4.69) is 79.6 Å². The summed E-state index contributed by atoms with van der Waals surface area (Å²) in [5.41, 5.74) is 3.21. The monoisotopic (exact) mass is 1470 g/mol. The van der Waals surface area contributed by atoms with E-state index < -0.39 is 0 Å². The number of fused-ring (bicyclic) bond motifs is 10. The van der Waals surface area contributed by atoms with Crippen LogP contribution in [0.25, 0.3) is 0 Å². The van der Waals surface area contributed by atoms with Gasteiger partial charge in [-0.2, -0.15) is 0 Å². The molecule has 0 aromatic heterocycles. The molecule has 34 rings (SSSR count). The molecule has 1 amide bonds. The molecule has 30 bridgehead atoms. The largest absolute Gasteiger partial charge is 0.353 e. The van der Waals surface area contributed by atoms with Crippen molar-refractivity contribution in [3.05, 3.63) is 0 Å². The highest BCUT2D eigenvalue weighted by atomic mass is 16.2. The molecule has 3 nitrogen and oxygen atoms in total. The Balaban J connectivity index is 0.0000000904. The predicted molar refractivity (Wildman–Crippen MR) is 454 cm³/mol. The summed E-state index contributed by atoms with van der Waals surface area (Å²) in [6, 6.07) is 1.50. The second-order valence-corrected chi connectivity index (χ2v) is 49.6. The fraction of sp³-hybridized carbons (Fsp3) is 0.990. The lowest BCUT2D eigenvalue weighted by Gasteiger charge is -2.55. The van der Waals surface area contributed by atoms with Gasteiger partial charge in [0.2, 0.25) is 5.91 Å². The van der Waals surface area contributed by atoms with Crippen molar-refractivity contribution in [1.82, 2.24) is 10.2 Å². The summed E-state index contributed by atoms with van der Waals surface area (Å²) in [6.07, 6.45) is 86.9. The molecule has 10 unspecified atom stereocenters. The van der Waals surface area contributed by atoms with Gasteiger partial charge in [-0.3, -0.25) is 4.79 Å². The molecule has 30 saturated carbocycles. The van der Waals surface area contributed by atoms with Gasteiger partial charge in [0.15, 0.2) is 0 Å². The van der Waals surface area contributed by atoms with Crippen molar-refractivity contribution in [3.8, 4) is 0 Å². The molecule has 4 heterocycles. The Hall–Kier alpha value is -0.570. The number of hydrogen-bond donors (Lipinski definition) is 1. The first-order valence-electron chi connectivity index (χ1n) is 50.5. The van der Waals surface area contributed by atoms with E-state index >= 15 is 0 Å². The Morgan fingerprint density at radius 3 is 0.972 bits per heavy atom. The minimum Gasteiger partial charge on any atom is -0.353 e. The first-order chi connectivity index (χ1) is 51.5. The van der Waals surface area contributed by atoms with Crippen molar-refractivity contribution >= 4 is 5.91 Å². The van der Waals surface area contributed by atoms with Crippen LogP contribution in [0.3, 0.4) is 0 Å². The van der Waals surface area contributed by atoms with Crippen LogP contribution < -0.4 is 5.32 Å². The Morgan fingerprint density at radius 2 is 0.664 bits per heavy atom. The standard InChI is InChI=1S/C11H19N.3C11H18.C10H15NO.C10H16.2C9H16.C8H14.2C7H14/c1-12-7-10-3-8-2-9(4-10)6-11(12)5-8;2*1-11-5-8-2-9(6-11)4-10(3-8)7-11;1-7-10-3-8-2-9(5-10)6-11(7)4-8;12-10-8-2-6-1-7(3-8)5-9(4-6)11-10;1-10-5-7-2-8(6-10)4-9(10)3-7;1-9-5-2-8(3-6-9)4-7-9;1-7-6-8-2-4-9(7)5-3-8;1-6-4-7-2-3-8(6)5-7;2*1-7-5-3-2-4-6-7/h8-11H,2-7H2,1H3;2*8-10H,2-7H2,1H3;7-11H,2-6H2,1H3;6-9H,1-5H2,(H,11,12);7-9H,2-6H2,1H3;8H,2-7H2,1H3;7-9H,2-6H2,1H3;6-8H,2-5H2,1H3;2*7H,2-6H2,1H3. The van der Waals surface area contributed by atoms with Crippen molar-refractivity contribution in [1.29, 1.82) is 0 Å². The van der Waals surface area contributed by atoms with E-state index in [1.807, 2.05) is 0 Å². The summed E-state index contributed by atoms with van der Waals surface area (Å²) < 4.78 is 0. The van der Waals surface area contributed by atoms with E-state index in [0.717, 1.165) is 193 Å². The average molecular weight is 1470 g/mol. The van der Waals surface area contributed by atoms with E-state index in [4.69, 9.17) is 0 Å². The van der Waals surface area contributed by atoms with Gasteiger partial charge < -0.3 is 10.2 Å². The lowest BCUT2D eigenvalue weighted by atomic mass is 9.50. The van der Waals surface area contributed by atoms with Crippen LogP contribution in [0.4, 0.5) is 0 Å². The van der Waals surface area contributed by atoms with Gasteiger partial charge in [-0.1, -0.05) is 146 Å². The molecule has 3 heteroatoms. The first kappa shape index (κ1) is 80.2. The first-order valence-corrected chi connectivity index (χ1v) is 50.5. The van der Waals surface area contributed by atoms with Crippen LogP contribution in [0.1, 0.15) is 428 Å². The number of carbonyl (C=O) groups excluding carboxylic acids is 1. The number of hydrogen-bond acceptors (Lipinski definition) is 2. The van der Waals surface area contributed by atoms with Crippen molar-refractivity contribution in [2.45, 2.75) is 440 Å². The summed E-state index contributed by atoms with van der Waals surface area (Å²) >= 11 is 0. The van der Waals surface area contributed by atoms with E-state index in [9.17, 15) is 4.79 Å². The van der Waals surface area contributed by atoms with Gasteiger partial charge in [0, 0.05) is 24.5 Å². The lowest BCUT2D eigenvalue weighted by molar-refractivity contribution is -0.125. The van der Waals surface area contributed by atoms with Gasteiger partial charge in [-0.15, -0.1) is 0 Å². The second kappa shape index (κ2) is 34.9. The van der Waals surface area contributed by atoms with Crippen LogP contribution in [-0.2, 0) is 4.79 Å². The third kappa shape index (κ3) is 20.5. The van der Waals surface area contributed by atoms with Crippen LogP contribution in [0, 0.1) is 193 Å². The lowest BCUT2D eigenvalue weighted by Crippen LogP contribution is -2.44. The normalized spacial score (nSPS) is 51.8. The quantitative estimate of drug-likeness (QED) is 0.262. The molecule has 1 N–H and O–H groups in total. The maximum Gasteiger partial charge on any atom is 0.223 e. The minimum atomic E-state index is 0.352. The van der Waals surface area contributed by atoms with Gasteiger partial charge in [-0.25, -0.2) is 0 Å². The molecule has 34 fully saturated rings. The molecule has 107 heavy (non-hydrogen) atoms. The van der Waals surface area contributed by atoms with Crippen LogP contribution in [0.15, 0.2) is 0 Å². The fourth-order valence-corrected chi connectivity index (χ4v) is 35.4. The maximum atomic E-state index is 11.6. The van der Waals surface area contributed by atoms with Gasteiger partial charge in [0.1, 0.15) is 0 Å². The zero-order chi connectivity index (χ0) is 73.8. The highest BCUT2D eigenvalue weighted by Crippen LogP contribution is 2.66. The van der Waals surface area contributed by atoms with Gasteiger partial charge in [0.25, 0.3) is 0 Å². The third-order valence-electron chi connectivity index (χ3n) is 39.8. The molecule has 0 radical (unpaired) electrons. The van der Waals surface area contributed by atoms with Crippen molar-refractivity contribution in [3.63, 3.8) is 0 Å².